The molecule has 0 spiro atoms. The predicted octanol–water partition coefficient (Wildman–Crippen LogP) is 2.52. The van der Waals surface area contributed by atoms with E-state index in [4.69, 9.17) is 9.47 Å². The Bertz CT molecular complexity index is 377. The lowest BCUT2D eigenvalue weighted by atomic mass is 10.0. The largest absolute Gasteiger partial charge is 0.493 e. The van der Waals surface area contributed by atoms with E-state index in [1.807, 2.05) is 0 Å². The van der Waals surface area contributed by atoms with Gasteiger partial charge in [0.05, 0.1) is 13.7 Å². The summed E-state index contributed by atoms with van der Waals surface area (Å²) in [5.41, 5.74) is 2.71. The second-order valence-corrected chi connectivity index (χ2v) is 4.40. The van der Waals surface area contributed by atoms with E-state index < -0.39 is 0 Å². The van der Waals surface area contributed by atoms with Crippen molar-refractivity contribution in [2.75, 3.05) is 20.3 Å². The van der Waals surface area contributed by atoms with Crippen LogP contribution < -0.4 is 14.8 Å². The van der Waals surface area contributed by atoms with Gasteiger partial charge in [-0.05, 0) is 42.6 Å². The molecule has 0 fully saturated rings. The van der Waals surface area contributed by atoms with E-state index in [1.54, 1.807) is 7.11 Å². The molecule has 3 heteroatoms. The first-order valence-corrected chi connectivity index (χ1v) is 6.38. The van der Waals surface area contributed by atoms with Gasteiger partial charge in [0.1, 0.15) is 0 Å². The molecule has 0 amide bonds. The molecule has 0 bridgehead atoms. The number of benzene rings is 1. The van der Waals surface area contributed by atoms with Crippen LogP contribution >= 0.6 is 0 Å². The molecule has 0 aromatic heterocycles. The number of hydrogen-bond donors (Lipinski definition) is 1. The molecule has 1 aromatic rings. The van der Waals surface area contributed by atoms with Crippen molar-refractivity contribution in [2.45, 2.75) is 32.7 Å². The average Bonchev–Trinajstić information content (AvgIpc) is 2.38. The van der Waals surface area contributed by atoms with E-state index in [1.165, 1.54) is 11.1 Å². The normalized spacial score (nSPS) is 14.2. The minimum absolute atomic E-state index is 0.768. The molecule has 0 aliphatic carbocycles. The van der Waals surface area contributed by atoms with Crippen molar-refractivity contribution in [2.24, 2.45) is 0 Å². The van der Waals surface area contributed by atoms with Gasteiger partial charge in [-0.1, -0.05) is 13.3 Å². The first-order valence-electron chi connectivity index (χ1n) is 6.38. The third kappa shape index (κ3) is 2.91. The highest BCUT2D eigenvalue weighted by Crippen LogP contribution is 2.32. The summed E-state index contributed by atoms with van der Waals surface area (Å²) in [4.78, 5) is 0. The van der Waals surface area contributed by atoms with Crippen molar-refractivity contribution >= 4 is 0 Å². The Morgan fingerprint density at radius 3 is 2.82 bits per heavy atom. The topological polar surface area (TPSA) is 30.5 Å². The zero-order chi connectivity index (χ0) is 12.1. The first-order chi connectivity index (χ1) is 8.35. The number of hydrogen-bond acceptors (Lipinski definition) is 3. The van der Waals surface area contributed by atoms with Crippen molar-refractivity contribution in [3.05, 3.63) is 23.3 Å². The smallest absolute Gasteiger partial charge is 0.161 e. The molecule has 3 nitrogen and oxygen atoms in total. The Labute approximate surface area is 103 Å². The van der Waals surface area contributed by atoms with Gasteiger partial charge < -0.3 is 14.8 Å². The van der Waals surface area contributed by atoms with Crippen LogP contribution in [0.25, 0.3) is 0 Å². The van der Waals surface area contributed by atoms with Gasteiger partial charge in [-0.25, -0.2) is 0 Å². The fraction of sp³-hybridized carbons (Fsp3) is 0.571. The summed E-state index contributed by atoms with van der Waals surface area (Å²) in [7, 11) is 1.70. The summed E-state index contributed by atoms with van der Waals surface area (Å²) in [5, 5.41) is 3.37. The zero-order valence-corrected chi connectivity index (χ0v) is 10.7. The fourth-order valence-corrected chi connectivity index (χ4v) is 2.09. The van der Waals surface area contributed by atoms with Gasteiger partial charge in [0.15, 0.2) is 11.5 Å². The second-order valence-electron chi connectivity index (χ2n) is 4.40. The molecule has 1 aliphatic rings. The predicted molar refractivity (Wildman–Crippen MR) is 68.8 cm³/mol. The molecule has 17 heavy (non-hydrogen) atoms. The van der Waals surface area contributed by atoms with E-state index in [0.29, 0.717) is 0 Å². The number of nitrogens with one attached hydrogen (secondary N) is 1. The third-order valence-corrected chi connectivity index (χ3v) is 3.13. The minimum Gasteiger partial charge on any atom is -0.493 e. The molecular formula is C14H21NO2. The number of methoxy groups -OCH3 is 1. The SMILES string of the molecule is CCCCOc1cc2c(cc1OC)CNCC2. The quantitative estimate of drug-likeness (QED) is 0.795. The summed E-state index contributed by atoms with van der Waals surface area (Å²) in [6.07, 6.45) is 3.31. The van der Waals surface area contributed by atoms with Crippen molar-refractivity contribution < 1.29 is 9.47 Å². The summed E-state index contributed by atoms with van der Waals surface area (Å²) in [6, 6.07) is 4.24. The van der Waals surface area contributed by atoms with Crippen LogP contribution in [0.4, 0.5) is 0 Å². The highest BCUT2D eigenvalue weighted by atomic mass is 16.5. The summed E-state index contributed by atoms with van der Waals surface area (Å²) in [5.74, 6) is 1.74. The van der Waals surface area contributed by atoms with Crippen molar-refractivity contribution in [3.63, 3.8) is 0 Å². The highest BCUT2D eigenvalue weighted by Gasteiger charge is 2.14. The van der Waals surface area contributed by atoms with Crippen molar-refractivity contribution in [1.29, 1.82) is 0 Å². The van der Waals surface area contributed by atoms with E-state index in [2.05, 4.69) is 24.4 Å². The minimum atomic E-state index is 0.768. The van der Waals surface area contributed by atoms with E-state index in [0.717, 1.165) is 50.5 Å². The van der Waals surface area contributed by atoms with E-state index >= 15 is 0 Å². The van der Waals surface area contributed by atoms with Gasteiger partial charge in [0.2, 0.25) is 0 Å². The van der Waals surface area contributed by atoms with E-state index in [-0.39, 0.29) is 0 Å². The molecule has 0 radical (unpaired) electrons. The number of fused-ring (bicyclic) bond motifs is 1. The Morgan fingerprint density at radius 1 is 1.24 bits per heavy atom. The van der Waals surface area contributed by atoms with Gasteiger partial charge in [-0.15, -0.1) is 0 Å². The zero-order valence-electron chi connectivity index (χ0n) is 10.7. The fourth-order valence-electron chi connectivity index (χ4n) is 2.09. The molecule has 0 saturated heterocycles. The van der Waals surface area contributed by atoms with Crippen LogP contribution in [0, 0.1) is 0 Å². The van der Waals surface area contributed by atoms with Gasteiger partial charge in [0, 0.05) is 6.54 Å². The van der Waals surface area contributed by atoms with E-state index in [9.17, 15) is 0 Å². The van der Waals surface area contributed by atoms with Crippen LogP contribution in [0.3, 0.4) is 0 Å². The van der Waals surface area contributed by atoms with Crippen LogP contribution in [0.2, 0.25) is 0 Å². The molecule has 1 N–H and O–H groups in total. The van der Waals surface area contributed by atoms with Gasteiger partial charge in [0.25, 0.3) is 0 Å². The highest BCUT2D eigenvalue weighted by molar-refractivity contribution is 5.48. The molecule has 1 heterocycles. The Kier molecular flexibility index (Phi) is 4.26. The maximum atomic E-state index is 5.79. The van der Waals surface area contributed by atoms with Crippen molar-refractivity contribution in [1.82, 2.24) is 5.32 Å². The lowest BCUT2D eigenvalue weighted by molar-refractivity contribution is 0.287. The molecular weight excluding hydrogens is 214 g/mol. The van der Waals surface area contributed by atoms with Crippen LogP contribution in [-0.2, 0) is 13.0 Å². The van der Waals surface area contributed by atoms with Crippen LogP contribution in [0.1, 0.15) is 30.9 Å². The lowest BCUT2D eigenvalue weighted by Crippen LogP contribution is -2.23. The van der Waals surface area contributed by atoms with Crippen LogP contribution in [0.5, 0.6) is 11.5 Å². The molecule has 94 valence electrons. The maximum Gasteiger partial charge on any atom is 0.161 e. The average molecular weight is 235 g/mol. The van der Waals surface area contributed by atoms with Gasteiger partial charge in [-0.2, -0.15) is 0 Å². The molecule has 0 saturated carbocycles. The number of rotatable bonds is 5. The molecule has 1 aromatic carbocycles. The Morgan fingerprint density at radius 2 is 2.06 bits per heavy atom. The number of unbranched alkanes of at least 4 members (excludes halogenated alkanes) is 1. The third-order valence-electron chi connectivity index (χ3n) is 3.13. The summed E-state index contributed by atoms with van der Waals surface area (Å²) >= 11 is 0. The first kappa shape index (κ1) is 12.2. The lowest BCUT2D eigenvalue weighted by Gasteiger charge is -2.20. The molecule has 0 unspecified atom stereocenters. The Hall–Kier alpha value is -1.22. The Balaban J connectivity index is 2.17. The standard InChI is InChI=1S/C14H21NO2/c1-3-4-7-17-14-8-11-5-6-15-10-12(11)9-13(14)16-2/h8-9,15H,3-7,10H2,1-2H3. The maximum absolute atomic E-state index is 5.79. The number of ether oxygens (including phenoxy) is 2. The molecule has 1 aliphatic heterocycles. The van der Waals surface area contributed by atoms with Crippen LogP contribution in [0.15, 0.2) is 12.1 Å². The van der Waals surface area contributed by atoms with Gasteiger partial charge in [-0.3, -0.25) is 0 Å². The molecule has 0 atom stereocenters. The monoisotopic (exact) mass is 235 g/mol. The second kappa shape index (κ2) is 5.92. The van der Waals surface area contributed by atoms with Crippen LogP contribution in [-0.4, -0.2) is 20.3 Å². The molecule has 2 rings (SSSR count). The van der Waals surface area contributed by atoms with Crippen molar-refractivity contribution in [3.8, 4) is 11.5 Å². The summed E-state index contributed by atoms with van der Waals surface area (Å²) < 4.78 is 11.2. The summed E-state index contributed by atoms with van der Waals surface area (Å²) in [6.45, 7) is 4.91. The van der Waals surface area contributed by atoms with Gasteiger partial charge >= 0.3 is 0 Å².